The third-order valence-corrected chi connectivity index (χ3v) is 7.36. The molecule has 0 unspecified atom stereocenters. The van der Waals surface area contributed by atoms with Gasteiger partial charge in [-0.3, -0.25) is 9.69 Å². The van der Waals surface area contributed by atoms with Crippen LogP contribution in [0.15, 0.2) is 78.4 Å². The highest BCUT2D eigenvalue weighted by Crippen LogP contribution is 2.34. The lowest BCUT2D eigenvalue weighted by molar-refractivity contribution is -0.143. The summed E-state index contributed by atoms with van der Waals surface area (Å²) in [5, 5.41) is 0. The van der Waals surface area contributed by atoms with Crippen LogP contribution in [0.3, 0.4) is 0 Å². The molecule has 0 amide bonds. The molecule has 212 valence electrons. The number of rotatable bonds is 11. The van der Waals surface area contributed by atoms with E-state index in [-0.39, 0.29) is 5.97 Å². The number of carbonyl (C=O) groups is 1. The fourth-order valence-electron chi connectivity index (χ4n) is 5.01. The fraction of sp³-hybridized carbons (Fsp3) is 0.400. The Morgan fingerprint density at radius 3 is 2.02 bits per heavy atom. The van der Waals surface area contributed by atoms with Crippen LogP contribution in [-0.4, -0.2) is 44.2 Å². The van der Waals surface area contributed by atoms with Gasteiger partial charge < -0.3 is 14.2 Å². The van der Waals surface area contributed by atoms with Crippen molar-refractivity contribution in [2.24, 2.45) is 5.41 Å². The van der Waals surface area contributed by atoms with Gasteiger partial charge in [0.15, 0.2) is 0 Å². The summed E-state index contributed by atoms with van der Waals surface area (Å²) in [6.45, 7) is 11.8. The number of likely N-dealkylation sites (tertiary alicyclic amines) is 1. The summed E-state index contributed by atoms with van der Waals surface area (Å²) >= 11 is 0. The molecule has 4 rings (SSSR count). The van der Waals surface area contributed by atoms with Gasteiger partial charge in [-0.25, -0.2) is 0 Å². The van der Waals surface area contributed by atoms with E-state index < -0.39 is 5.41 Å². The van der Waals surface area contributed by atoms with Crippen molar-refractivity contribution in [1.29, 1.82) is 0 Å². The average Bonchev–Trinajstić information content (AvgIpc) is 3.47. The van der Waals surface area contributed by atoms with Crippen molar-refractivity contribution >= 4 is 11.5 Å². The number of nitrogens with zero attached hydrogens (tertiary/aromatic N) is 1. The molecule has 1 heterocycles. The van der Waals surface area contributed by atoms with Crippen molar-refractivity contribution in [3.63, 3.8) is 0 Å². The molecule has 1 fully saturated rings. The van der Waals surface area contributed by atoms with Gasteiger partial charge in [-0.2, -0.15) is 0 Å². The number of ether oxygens (including phenoxy) is 3. The predicted molar refractivity (Wildman–Crippen MR) is 162 cm³/mol. The number of methoxy groups -OCH3 is 1. The maximum absolute atomic E-state index is 12.4. The number of hydrogen-bond donors (Lipinski definition) is 0. The van der Waals surface area contributed by atoms with Gasteiger partial charge in [-0.1, -0.05) is 55.0 Å². The molecule has 3 aromatic carbocycles. The third-order valence-electron chi connectivity index (χ3n) is 7.36. The first kappa shape index (κ1) is 29.4. The maximum atomic E-state index is 12.4. The van der Waals surface area contributed by atoms with Gasteiger partial charge in [0.1, 0.15) is 23.9 Å². The number of carbonyl (C=O) groups excluding carboxylic acids is 1. The summed E-state index contributed by atoms with van der Waals surface area (Å²) in [5.41, 5.74) is 5.25. The van der Waals surface area contributed by atoms with E-state index in [1.165, 1.54) is 37.1 Å². The first-order chi connectivity index (χ1) is 19.3. The van der Waals surface area contributed by atoms with Crippen LogP contribution in [-0.2, 0) is 11.2 Å². The van der Waals surface area contributed by atoms with Crippen molar-refractivity contribution in [3.05, 3.63) is 95.1 Å². The zero-order valence-electron chi connectivity index (χ0n) is 24.7. The molecule has 0 aliphatic carbocycles. The Bertz CT molecular complexity index is 1280. The highest BCUT2D eigenvalue weighted by Gasteiger charge is 2.24. The Morgan fingerprint density at radius 2 is 1.45 bits per heavy atom. The summed E-state index contributed by atoms with van der Waals surface area (Å²) in [6, 6.07) is 24.4. The highest BCUT2D eigenvalue weighted by molar-refractivity contribution is 5.83. The van der Waals surface area contributed by atoms with Crippen LogP contribution >= 0.6 is 0 Å². The van der Waals surface area contributed by atoms with Crippen molar-refractivity contribution in [2.45, 2.75) is 53.4 Å². The Labute approximate surface area is 239 Å². The Kier molecular flexibility index (Phi) is 10.1. The zero-order valence-corrected chi connectivity index (χ0v) is 24.7. The molecule has 0 saturated carbocycles. The van der Waals surface area contributed by atoms with Crippen LogP contribution in [0.1, 0.15) is 63.6 Å². The van der Waals surface area contributed by atoms with Gasteiger partial charge in [0, 0.05) is 6.54 Å². The molecular formula is C35H43NO4. The van der Waals surface area contributed by atoms with Crippen LogP contribution in [0.25, 0.3) is 5.57 Å². The Balaban J connectivity index is 1.63. The number of esters is 1. The molecule has 0 atom stereocenters. The van der Waals surface area contributed by atoms with Crippen LogP contribution in [0.4, 0.5) is 0 Å². The fourth-order valence-corrected chi connectivity index (χ4v) is 5.01. The molecule has 1 aliphatic heterocycles. The first-order valence-electron chi connectivity index (χ1n) is 14.4. The summed E-state index contributed by atoms with van der Waals surface area (Å²) in [4.78, 5) is 14.9. The Morgan fingerprint density at radius 1 is 0.850 bits per heavy atom. The van der Waals surface area contributed by atoms with E-state index in [9.17, 15) is 4.79 Å². The molecule has 5 nitrogen and oxygen atoms in total. The lowest BCUT2D eigenvalue weighted by atomic mass is 9.88. The smallest absolute Gasteiger partial charge is 0.316 e. The number of hydrogen-bond acceptors (Lipinski definition) is 5. The lowest BCUT2D eigenvalue weighted by Gasteiger charge is -2.19. The zero-order chi connectivity index (χ0) is 28.5. The van der Waals surface area contributed by atoms with Crippen LogP contribution in [0.2, 0.25) is 0 Å². The van der Waals surface area contributed by atoms with E-state index in [1.54, 1.807) is 7.11 Å². The molecule has 1 saturated heterocycles. The highest BCUT2D eigenvalue weighted by atomic mass is 16.5. The lowest BCUT2D eigenvalue weighted by Crippen LogP contribution is -2.25. The summed E-state index contributed by atoms with van der Waals surface area (Å²) < 4.78 is 17.4. The second kappa shape index (κ2) is 13.7. The number of allylic oxidation sites excluding steroid dienone is 1. The van der Waals surface area contributed by atoms with Crippen molar-refractivity contribution in [1.82, 2.24) is 4.90 Å². The van der Waals surface area contributed by atoms with E-state index in [4.69, 9.17) is 14.2 Å². The second-order valence-corrected chi connectivity index (χ2v) is 11.4. The molecule has 0 aromatic heterocycles. The van der Waals surface area contributed by atoms with Gasteiger partial charge in [0.05, 0.1) is 12.5 Å². The topological polar surface area (TPSA) is 48.0 Å². The summed E-state index contributed by atoms with van der Waals surface area (Å²) in [6.07, 6.45) is 4.23. The minimum Gasteiger partial charge on any atom is -0.496 e. The van der Waals surface area contributed by atoms with E-state index in [2.05, 4.69) is 48.2 Å². The predicted octanol–water partition coefficient (Wildman–Crippen LogP) is 7.58. The third kappa shape index (κ3) is 7.76. The molecule has 40 heavy (non-hydrogen) atoms. The molecule has 0 spiro atoms. The van der Waals surface area contributed by atoms with Crippen LogP contribution < -0.4 is 14.2 Å². The van der Waals surface area contributed by atoms with E-state index in [0.717, 1.165) is 47.6 Å². The summed E-state index contributed by atoms with van der Waals surface area (Å²) in [5.74, 6) is 2.07. The van der Waals surface area contributed by atoms with Crippen molar-refractivity contribution < 1.29 is 19.0 Å². The van der Waals surface area contributed by atoms with E-state index >= 15 is 0 Å². The monoisotopic (exact) mass is 541 g/mol. The number of benzene rings is 3. The number of para-hydroxylation sites is 1. The van der Waals surface area contributed by atoms with Crippen molar-refractivity contribution in [2.75, 3.05) is 33.4 Å². The molecule has 0 radical (unpaired) electrons. The Hall–Kier alpha value is -3.57. The molecule has 1 aliphatic rings. The van der Waals surface area contributed by atoms with Gasteiger partial charge in [-0.15, -0.1) is 0 Å². The van der Waals surface area contributed by atoms with Gasteiger partial charge in [0.25, 0.3) is 0 Å². The first-order valence-corrected chi connectivity index (χ1v) is 14.4. The molecule has 5 heteroatoms. The van der Waals surface area contributed by atoms with Crippen molar-refractivity contribution in [3.8, 4) is 17.2 Å². The minimum absolute atomic E-state index is 0.248. The van der Waals surface area contributed by atoms with E-state index in [1.807, 2.05) is 57.2 Å². The van der Waals surface area contributed by atoms with Crippen LogP contribution in [0.5, 0.6) is 17.2 Å². The maximum Gasteiger partial charge on any atom is 0.316 e. The van der Waals surface area contributed by atoms with Gasteiger partial charge in [-0.05, 0) is 112 Å². The molecule has 0 N–H and O–H groups in total. The second-order valence-electron chi connectivity index (χ2n) is 11.4. The molecule has 0 bridgehead atoms. The SMILES string of the molecule is CCC(Cc1ccccc1OC)=C(c1ccc(OCCN2CCCC2)cc1)c1ccc(OC(=O)C(C)(C)C)cc1. The standard InChI is InChI=1S/C35H43NO4/c1-6-26(25-29-11-7-8-12-32(29)38-5)33(28-15-19-31(20-16-28)40-34(37)35(2,3)4)27-13-17-30(18-14-27)39-24-23-36-21-9-10-22-36/h7-8,11-20H,6,9-10,21-25H2,1-5H3. The minimum atomic E-state index is -0.563. The largest absolute Gasteiger partial charge is 0.496 e. The normalized spacial score (nSPS) is 14.5. The molecule has 3 aromatic rings. The molecular weight excluding hydrogens is 498 g/mol. The average molecular weight is 542 g/mol. The van der Waals surface area contributed by atoms with Gasteiger partial charge >= 0.3 is 5.97 Å². The van der Waals surface area contributed by atoms with Crippen LogP contribution in [0, 0.1) is 5.41 Å². The van der Waals surface area contributed by atoms with E-state index in [0.29, 0.717) is 12.4 Å². The van der Waals surface area contributed by atoms with Gasteiger partial charge in [0.2, 0.25) is 0 Å². The quantitative estimate of drug-likeness (QED) is 0.185. The summed E-state index contributed by atoms with van der Waals surface area (Å²) in [7, 11) is 1.72.